The lowest BCUT2D eigenvalue weighted by molar-refractivity contribution is 0.0472. The third-order valence-electron chi connectivity index (χ3n) is 3.99. The van der Waals surface area contributed by atoms with Gasteiger partial charge in [0.05, 0.1) is 16.9 Å². The number of nitrogens with zero attached hydrogens (tertiary/aromatic N) is 6. The Labute approximate surface area is 149 Å². The zero-order chi connectivity index (χ0) is 18.1. The summed E-state index contributed by atoms with van der Waals surface area (Å²) in [7, 11) is 0. The van der Waals surface area contributed by atoms with Crippen LogP contribution in [0.25, 0.3) is 11.3 Å². The molecule has 0 amide bonds. The average molecular weight is 348 g/mol. The molecule has 0 radical (unpaired) electrons. The lowest BCUT2D eigenvalue weighted by Gasteiger charge is -2.07. The number of hydrogen-bond donors (Lipinski definition) is 0. The fourth-order valence-corrected chi connectivity index (χ4v) is 2.72. The van der Waals surface area contributed by atoms with Gasteiger partial charge in [-0.3, -0.25) is 0 Å². The Kier molecular flexibility index (Phi) is 3.92. The van der Waals surface area contributed by atoms with Crippen molar-refractivity contribution in [3.05, 3.63) is 71.2 Å². The Morgan fingerprint density at radius 2 is 1.92 bits per heavy atom. The van der Waals surface area contributed by atoms with Crippen LogP contribution in [0.2, 0.25) is 0 Å². The summed E-state index contributed by atoms with van der Waals surface area (Å²) < 4.78 is 8.68. The summed E-state index contributed by atoms with van der Waals surface area (Å²) in [4.78, 5) is 12.2. The first kappa shape index (κ1) is 15.9. The van der Waals surface area contributed by atoms with Crippen molar-refractivity contribution in [1.82, 2.24) is 29.8 Å². The zero-order valence-electron chi connectivity index (χ0n) is 14.3. The van der Waals surface area contributed by atoms with Crippen LogP contribution in [0.1, 0.15) is 27.3 Å². The van der Waals surface area contributed by atoms with E-state index in [9.17, 15) is 4.79 Å². The number of carbonyl (C=O) groups excluding carboxylic acids is 1. The van der Waals surface area contributed by atoms with Crippen molar-refractivity contribution in [2.75, 3.05) is 0 Å². The van der Waals surface area contributed by atoms with Gasteiger partial charge in [-0.25, -0.2) is 9.48 Å². The predicted molar refractivity (Wildman–Crippen MR) is 92.9 cm³/mol. The first-order valence-corrected chi connectivity index (χ1v) is 8.07. The van der Waals surface area contributed by atoms with Crippen molar-refractivity contribution in [3.63, 3.8) is 0 Å². The van der Waals surface area contributed by atoms with Gasteiger partial charge in [0.1, 0.15) is 6.61 Å². The number of aromatic nitrogens is 6. The second kappa shape index (κ2) is 6.40. The van der Waals surface area contributed by atoms with Crippen molar-refractivity contribution < 1.29 is 9.53 Å². The Morgan fingerprint density at radius 1 is 1.12 bits per heavy atom. The number of pyridine rings is 1. The van der Waals surface area contributed by atoms with E-state index in [1.54, 1.807) is 18.3 Å². The van der Waals surface area contributed by atoms with E-state index in [1.807, 2.05) is 48.9 Å². The van der Waals surface area contributed by atoms with E-state index in [4.69, 9.17) is 4.74 Å². The van der Waals surface area contributed by atoms with Crippen LogP contribution in [0.3, 0.4) is 0 Å². The largest absolute Gasteiger partial charge is 0.457 e. The molecule has 26 heavy (non-hydrogen) atoms. The molecule has 0 unspecified atom stereocenters. The number of rotatable bonds is 4. The third-order valence-corrected chi connectivity index (χ3v) is 3.99. The zero-order valence-corrected chi connectivity index (χ0v) is 14.3. The molecule has 0 aliphatic heterocycles. The van der Waals surface area contributed by atoms with Gasteiger partial charge in [0.15, 0.2) is 5.65 Å². The summed E-state index contributed by atoms with van der Waals surface area (Å²) in [6, 6.07) is 13.1. The second-order valence-electron chi connectivity index (χ2n) is 5.98. The molecule has 3 aromatic heterocycles. The number of aryl methyl sites for hydroxylation is 2. The summed E-state index contributed by atoms with van der Waals surface area (Å²) in [5, 5.41) is 15.6. The Balaban J connectivity index is 1.44. The molecular weight excluding hydrogens is 332 g/mol. The van der Waals surface area contributed by atoms with Gasteiger partial charge in [-0.2, -0.15) is 9.61 Å². The van der Waals surface area contributed by atoms with Crippen LogP contribution in [0.15, 0.2) is 48.7 Å². The van der Waals surface area contributed by atoms with Gasteiger partial charge in [0.2, 0.25) is 0 Å². The van der Waals surface area contributed by atoms with Crippen molar-refractivity contribution in [2.24, 2.45) is 0 Å². The maximum Gasteiger partial charge on any atom is 0.340 e. The molecule has 0 atom stereocenters. The first-order valence-electron chi connectivity index (χ1n) is 8.07. The Hall–Kier alpha value is -3.55. The monoisotopic (exact) mass is 348 g/mol. The molecule has 0 bridgehead atoms. The lowest BCUT2D eigenvalue weighted by Crippen LogP contribution is -2.07. The average Bonchev–Trinajstić information content (AvgIpc) is 3.25. The first-order chi connectivity index (χ1) is 12.6. The van der Waals surface area contributed by atoms with E-state index in [1.165, 1.54) is 4.52 Å². The molecule has 8 nitrogen and oxygen atoms in total. The van der Waals surface area contributed by atoms with E-state index < -0.39 is 5.97 Å². The van der Waals surface area contributed by atoms with E-state index in [0.29, 0.717) is 11.2 Å². The summed E-state index contributed by atoms with van der Waals surface area (Å²) >= 11 is 0. The van der Waals surface area contributed by atoms with E-state index >= 15 is 0 Å². The molecule has 0 aliphatic carbocycles. The molecule has 0 aliphatic rings. The predicted octanol–water partition coefficient (Wildman–Crippen LogP) is 2.28. The highest BCUT2D eigenvalue weighted by atomic mass is 16.5. The highest BCUT2D eigenvalue weighted by Crippen LogP contribution is 2.14. The number of fused-ring (bicyclic) bond motifs is 1. The highest BCUT2D eigenvalue weighted by Gasteiger charge is 2.10. The summed E-state index contributed by atoms with van der Waals surface area (Å²) in [5.41, 5.74) is 4.87. The molecule has 4 rings (SSSR count). The fraction of sp³-hybridized carbons (Fsp3) is 0.167. The summed E-state index contributed by atoms with van der Waals surface area (Å²) in [6.07, 6.45) is 1.55. The van der Waals surface area contributed by atoms with Gasteiger partial charge >= 0.3 is 5.97 Å². The van der Waals surface area contributed by atoms with Crippen LogP contribution in [0.4, 0.5) is 0 Å². The number of esters is 1. The van der Waals surface area contributed by atoms with Crippen LogP contribution in [-0.2, 0) is 11.3 Å². The maximum atomic E-state index is 12.2. The number of carbonyl (C=O) groups is 1. The minimum absolute atomic E-state index is 0.184. The molecule has 0 N–H and O–H groups in total. The van der Waals surface area contributed by atoms with Gasteiger partial charge in [0, 0.05) is 11.9 Å². The number of benzene rings is 1. The molecule has 4 aromatic rings. The molecule has 130 valence electrons. The van der Waals surface area contributed by atoms with Crippen LogP contribution >= 0.6 is 0 Å². The number of ether oxygens (including phenoxy) is 1. The number of tetrazole rings is 1. The minimum atomic E-state index is -0.426. The van der Waals surface area contributed by atoms with Crippen LogP contribution in [0, 0.1) is 13.8 Å². The maximum absolute atomic E-state index is 12.2. The van der Waals surface area contributed by atoms with E-state index in [2.05, 4.69) is 20.6 Å². The molecular formula is C18H16N6O2. The molecule has 0 saturated carbocycles. The molecule has 0 spiro atoms. The SMILES string of the molecule is Cc1cc(C)n(-c2ccc(COC(=O)c3ccc4nnnn4c3)cc2)n1. The van der Waals surface area contributed by atoms with E-state index in [-0.39, 0.29) is 6.61 Å². The lowest BCUT2D eigenvalue weighted by atomic mass is 10.2. The summed E-state index contributed by atoms with van der Waals surface area (Å²) in [6.45, 7) is 4.16. The van der Waals surface area contributed by atoms with Crippen LogP contribution in [-0.4, -0.2) is 35.8 Å². The smallest absolute Gasteiger partial charge is 0.340 e. The van der Waals surface area contributed by atoms with Gasteiger partial charge < -0.3 is 4.74 Å². The quantitative estimate of drug-likeness (QED) is 0.526. The minimum Gasteiger partial charge on any atom is -0.457 e. The molecule has 3 heterocycles. The molecule has 0 fully saturated rings. The van der Waals surface area contributed by atoms with Crippen LogP contribution in [0.5, 0.6) is 0 Å². The van der Waals surface area contributed by atoms with Gasteiger partial charge in [-0.1, -0.05) is 12.1 Å². The third kappa shape index (κ3) is 3.04. The van der Waals surface area contributed by atoms with Crippen LogP contribution < -0.4 is 0 Å². The molecule has 8 heteroatoms. The standard InChI is InChI=1S/C18H16N6O2/c1-12-9-13(2)24(20-12)16-6-3-14(4-7-16)11-26-18(25)15-5-8-17-19-21-22-23(17)10-15/h3-10H,11H2,1-2H3. The second-order valence-corrected chi connectivity index (χ2v) is 5.98. The highest BCUT2D eigenvalue weighted by molar-refractivity contribution is 5.89. The molecule has 1 aromatic carbocycles. The molecule has 0 saturated heterocycles. The summed E-state index contributed by atoms with van der Waals surface area (Å²) in [5.74, 6) is -0.426. The van der Waals surface area contributed by atoms with Crippen molar-refractivity contribution in [2.45, 2.75) is 20.5 Å². The van der Waals surface area contributed by atoms with Crippen molar-refractivity contribution in [1.29, 1.82) is 0 Å². The topological polar surface area (TPSA) is 87.2 Å². The Morgan fingerprint density at radius 3 is 2.65 bits per heavy atom. The number of hydrogen-bond acceptors (Lipinski definition) is 6. The van der Waals surface area contributed by atoms with Gasteiger partial charge in [0.25, 0.3) is 0 Å². The normalized spacial score (nSPS) is 11.0. The fourth-order valence-electron chi connectivity index (χ4n) is 2.72. The van der Waals surface area contributed by atoms with Gasteiger partial charge in [-0.05, 0) is 60.2 Å². The van der Waals surface area contributed by atoms with E-state index in [0.717, 1.165) is 22.6 Å². The van der Waals surface area contributed by atoms with Crippen molar-refractivity contribution >= 4 is 11.6 Å². The Bertz CT molecular complexity index is 1080. The van der Waals surface area contributed by atoms with Gasteiger partial charge in [-0.15, -0.1) is 5.10 Å². The van der Waals surface area contributed by atoms with Crippen molar-refractivity contribution in [3.8, 4) is 5.69 Å².